The molecule has 1 atom stereocenters. The quantitative estimate of drug-likeness (QED) is 0.794. The summed E-state index contributed by atoms with van der Waals surface area (Å²) in [5, 5.41) is 7.76. The summed E-state index contributed by atoms with van der Waals surface area (Å²) in [6, 6.07) is 6.38. The van der Waals surface area contributed by atoms with Crippen molar-refractivity contribution in [2.24, 2.45) is 7.05 Å². The zero-order valence-corrected chi connectivity index (χ0v) is 9.07. The predicted octanol–water partition coefficient (Wildman–Crippen LogP) is 1.60. The van der Waals surface area contributed by atoms with Crippen LogP contribution >= 0.6 is 0 Å². The molecule has 2 heterocycles. The molecule has 0 aliphatic heterocycles. The Morgan fingerprint density at radius 2 is 2.40 bits per heavy atom. The number of hydrogen-bond donors (Lipinski definition) is 2. The Morgan fingerprint density at radius 1 is 1.53 bits per heavy atom. The molecule has 0 fully saturated rings. The SMILES string of the molecule is CC(NCc1ccc[nH]1)c1ccn(C)n1. The van der Waals surface area contributed by atoms with Crippen LogP contribution in [0.2, 0.25) is 0 Å². The van der Waals surface area contributed by atoms with E-state index in [4.69, 9.17) is 0 Å². The highest BCUT2D eigenvalue weighted by molar-refractivity contribution is 5.07. The maximum absolute atomic E-state index is 4.35. The van der Waals surface area contributed by atoms with Gasteiger partial charge in [0.25, 0.3) is 0 Å². The van der Waals surface area contributed by atoms with Gasteiger partial charge in [0, 0.05) is 37.7 Å². The molecular formula is C11H16N4. The molecule has 80 valence electrons. The molecule has 2 aromatic heterocycles. The fraction of sp³-hybridized carbons (Fsp3) is 0.364. The summed E-state index contributed by atoms with van der Waals surface area (Å²) >= 11 is 0. The molecule has 0 saturated heterocycles. The van der Waals surface area contributed by atoms with Crippen LogP contribution in [0, 0.1) is 0 Å². The average Bonchev–Trinajstić information content (AvgIpc) is 2.84. The van der Waals surface area contributed by atoms with E-state index < -0.39 is 0 Å². The molecule has 0 radical (unpaired) electrons. The van der Waals surface area contributed by atoms with Crippen LogP contribution in [-0.4, -0.2) is 14.8 Å². The van der Waals surface area contributed by atoms with Crippen molar-refractivity contribution < 1.29 is 0 Å². The van der Waals surface area contributed by atoms with Gasteiger partial charge >= 0.3 is 0 Å². The average molecular weight is 204 g/mol. The second-order valence-corrected chi connectivity index (χ2v) is 3.71. The van der Waals surface area contributed by atoms with Gasteiger partial charge in [-0.25, -0.2) is 0 Å². The van der Waals surface area contributed by atoms with E-state index in [1.54, 1.807) is 0 Å². The van der Waals surface area contributed by atoms with E-state index >= 15 is 0 Å². The fourth-order valence-electron chi connectivity index (χ4n) is 1.51. The normalized spacial score (nSPS) is 12.9. The Bertz CT molecular complexity index is 402. The van der Waals surface area contributed by atoms with E-state index in [0.29, 0.717) is 0 Å². The fourth-order valence-corrected chi connectivity index (χ4v) is 1.51. The molecule has 0 aliphatic rings. The maximum Gasteiger partial charge on any atom is 0.0791 e. The summed E-state index contributed by atoms with van der Waals surface area (Å²) < 4.78 is 1.82. The Balaban J connectivity index is 1.90. The molecule has 0 amide bonds. The Labute approximate surface area is 89.3 Å². The van der Waals surface area contributed by atoms with Crippen molar-refractivity contribution in [3.8, 4) is 0 Å². The first-order valence-corrected chi connectivity index (χ1v) is 5.11. The van der Waals surface area contributed by atoms with Crippen molar-refractivity contribution in [1.29, 1.82) is 0 Å². The van der Waals surface area contributed by atoms with E-state index in [1.165, 1.54) is 5.69 Å². The largest absolute Gasteiger partial charge is 0.364 e. The van der Waals surface area contributed by atoms with Gasteiger partial charge in [0.15, 0.2) is 0 Å². The van der Waals surface area contributed by atoms with Gasteiger partial charge in [-0.05, 0) is 25.1 Å². The van der Waals surface area contributed by atoms with Crippen LogP contribution in [0.3, 0.4) is 0 Å². The van der Waals surface area contributed by atoms with E-state index in [-0.39, 0.29) is 6.04 Å². The number of aromatic nitrogens is 3. The van der Waals surface area contributed by atoms with Crippen molar-refractivity contribution >= 4 is 0 Å². The lowest BCUT2D eigenvalue weighted by atomic mass is 10.2. The van der Waals surface area contributed by atoms with Gasteiger partial charge in [-0.2, -0.15) is 5.10 Å². The van der Waals surface area contributed by atoms with Crippen LogP contribution in [0.4, 0.5) is 0 Å². The summed E-state index contributed by atoms with van der Waals surface area (Å²) in [6.07, 6.45) is 3.89. The molecule has 0 aromatic carbocycles. The van der Waals surface area contributed by atoms with Gasteiger partial charge in [0.05, 0.1) is 5.69 Å². The topological polar surface area (TPSA) is 45.6 Å². The molecule has 0 saturated carbocycles. The molecule has 2 N–H and O–H groups in total. The van der Waals surface area contributed by atoms with Crippen LogP contribution < -0.4 is 5.32 Å². The van der Waals surface area contributed by atoms with Crippen LogP contribution in [0.5, 0.6) is 0 Å². The molecule has 15 heavy (non-hydrogen) atoms. The number of nitrogens with one attached hydrogen (secondary N) is 2. The molecule has 2 rings (SSSR count). The van der Waals surface area contributed by atoms with E-state index in [9.17, 15) is 0 Å². The Morgan fingerprint density at radius 3 is 3.00 bits per heavy atom. The number of H-pyrrole nitrogens is 1. The second-order valence-electron chi connectivity index (χ2n) is 3.71. The van der Waals surface area contributed by atoms with Gasteiger partial charge in [-0.3, -0.25) is 4.68 Å². The van der Waals surface area contributed by atoms with Crippen LogP contribution in [0.15, 0.2) is 30.6 Å². The first kappa shape index (κ1) is 9.98. The van der Waals surface area contributed by atoms with Crippen LogP contribution in [0.25, 0.3) is 0 Å². The zero-order valence-electron chi connectivity index (χ0n) is 9.07. The predicted molar refractivity (Wildman–Crippen MR) is 59.3 cm³/mol. The number of aromatic amines is 1. The van der Waals surface area contributed by atoms with Crippen molar-refractivity contribution in [2.75, 3.05) is 0 Å². The minimum Gasteiger partial charge on any atom is -0.364 e. The molecule has 4 heteroatoms. The Kier molecular flexibility index (Phi) is 2.87. The van der Waals surface area contributed by atoms with Crippen LogP contribution in [-0.2, 0) is 13.6 Å². The lowest BCUT2D eigenvalue weighted by Gasteiger charge is -2.10. The lowest BCUT2D eigenvalue weighted by molar-refractivity contribution is 0.547. The summed E-state index contributed by atoms with van der Waals surface area (Å²) in [4.78, 5) is 3.16. The summed E-state index contributed by atoms with van der Waals surface area (Å²) in [6.45, 7) is 2.95. The van der Waals surface area contributed by atoms with Crippen molar-refractivity contribution in [3.05, 3.63) is 42.0 Å². The molecule has 0 aliphatic carbocycles. The maximum atomic E-state index is 4.35. The summed E-state index contributed by atoms with van der Waals surface area (Å²) in [7, 11) is 1.93. The molecular weight excluding hydrogens is 188 g/mol. The third-order valence-electron chi connectivity index (χ3n) is 2.44. The minimum atomic E-state index is 0.273. The number of rotatable bonds is 4. The van der Waals surface area contributed by atoms with Gasteiger partial charge < -0.3 is 10.3 Å². The van der Waals surface area contributed by atoms with Gasteiger partial charge in [-0.15, -0.1) is 0 Å². The van der Waals surface area contributed by atoms with Crippen molar-refractivity contribution in [3.63, 3.8) is 0 Å². The van der Waals surface area contributed by atoms with Crippen LogP contribution in [0.1, 0.15) is 24.4 Å². The third kappa shape index (κ3) is 2.47. The first-order valence-electron chi connectivity index (χ1n) is 5.11. The molecule has 4 nitrogen and oxygen atoms in total. The molecule has 2 aromatic rings. The molecule has 1 unspecified atom stereocenters. The van der Waals surface area contributed by atoms with E-state index in [2.05, 4.69) is 28.4 Å². The van der Waals surface area contributed by atoms with E-state index in [1.807, 2.05) is 36.3 Å². The highest BCUT2D eigenvalue weighted by atomic mass is 15.3. The number of hydrogen-bond acceptors (Lipinski definition) is 2. The Hall–Kier alpha value is -1.55. The highest BCUT2D eigenvalue weighted by Gasteiger charge is 2.07. The second kappa shape index (κ2) is 4.31. The molecule has 0 bridgehead atoms. The smallest absolute Gasteiger partial charge is 0.0791 e. The summed E-state index contributed by atoms with van der Waals surface area (Å²) in [5.74, 6) is 0. The standard InChI is InChI=1S/C11H16N4/c1-9(11-5-7-15(2)14-11)13-8-10-4-3-6-12-10/h3-7,9,12-13H,8H2,1-2H3. The number of nitrogens with zero attached hydrogens (tertiary/aromatic N) is 2. The lowest BCUT2D eigenvalue weighted by Crippen LogP contribution is -2.18. The number of aryl methyl sites for hydroxylation is 1. The minimum absolute atomic E-state index is 0.273. The highest BCUT2D eigenvalue weighted by Crippen LogP contribution is 2.09. The monoisotopic (exact) mass is 204 g/mol. The van der Waals surface area contributed by atoms with E-state index in [0.717, 1.165) is 12.2 Å². The van der Waals surface area contributed by atoms with Crippen molar-refractivity contribution in [1.82, 2.24) is 20.1 Å². The van der Waals surface area contributed by atoms with Gasteiger partial charge in [0.2, 0.25) is 0 Å². The van der Waals surface area contributed by atoms with Crippen molar-refractivity contribution in [2.45, 2.75) is 19.5 Å². The van der Waals surface area contributed by atoms with Gasteiger partial charge in [-0.1, -0.05) is 0 Å². The first-order chi connectivity index (χ1) is 7.25. The summed E-state index contributed by atoms with van der Waals surface area (Å²) in [5.41, 5.74) is 2.27. The third-order valence-corrected chi connectivity index (χ3v) is 2.44. The molecule has 0 spiro atoms. The zero-order chi connectivity index (χ0) is 10.7. The van der Waals surface area contributed by atoms with Gasteiger partial charge in [0.1, 0.15) is 0 Å².